The molecule has 1 aromatic rings. The quantitative estimate of drug-likeness (QED) is 0.764. The predicted molar refractivity (Wildman–Crippen MR) is 76.5 cm³/mol. The summed E-state index contributed by atoms with van der Waals surface area (Å²) in [6.07, 6.45) is 4.24. The van der Waals surface area contributed by atoms with Gasteiger partial charge in [0.1, 0.15) is 0 Å². The van der Waals surface area contributed by atoms with E-state index in [0.29, 0.717) is 5.92 Å². The summed E-state index contributed by atoms with van der Waals surface area (Å²) < 4.78 is 5.51. The fraction of sp³-hybridized carbons (Fsp3) is 0.643. The van der Waals surface area contributed by atoms with Gasteiger partial charge in [0.05, 0.1) is 11.6 Å². The Hall–Kier alpha value is -0.580. The van der Waals surface area contributed by atoms with Crippen molar-refractivity contribution in [1.82, 2.24) is 9.88 Å². The lowest BCUT2D eigenvalue weighted by Gasteiger charge is -2.16. The van der Waals surface area contributed by atoms with E-state index in [1.54, 1.807) is 11.8 Å². The molecular formula is C14H22N2OS. The van der Waals surface area contributed by atoms with Gasteiger partial charge in [0, 0.05) is 31.2 Å². The maximum atomic E-state index is 5.51. The van der Waals surface area contributed by atoms with Crippen LogP contribution < -0.4 is 0 Å². The van der Waals surface area contributed by atoms with Crippen LogP contribution in [0.25, 0.3) is 0 Å². The van der Waals surface area contributed by atoms with E-state index < -0.39 is 0 Å². The molecular weight excluding hydrogens is 244 g/mol. The summed E-state index contributed by atoms with van der Waals surface area (Å²) in [4.78, 5) is 7.00. The van der Waals surface area contributed by atoms with Crippen molar-refractivity contribution in [2.45, 2.75) is 23.8 Å². The van der Waals surface area contributed by atoms with Crippen molar-refractivity contribution in [3.05, 3.63) is 23.4 Å². The van der Waals surface area contributed by atoms with Crippen molar-refractivity contribution in [3.63, 3.8) is 0 Å². The molecule has 18 heavy (non-hydrogen) atoms. The molecule has 2 rings (SSSR count). The van der Waals surface area contributed by atoms with Crippen LogP contribution in [0.3, 0.4) is 0 Å². The molecule has 1 atom stereocenters. The van der Waals surface area contributed by atoms with Crippen LogP contribution in [0, 0.1) is 0 Å². The Bertz CT molecular complexity index is 389. The van der Waals surface area contributed by atoms with Gasteiger partial charge in [0.25, 0.3) is 0 Å². The number of likely N-dealkylation sites (N-methyl/N-ethyl adjacent to an activating group) is 1. The molecule has 100 valence electrons. The van der Waals surface area contributed by atoms with Crippen molar-refractivity contribution in [1.29, 1.82) is 0 Å². The van der Waals surface area contributed by atoms with Gasteiger partial charge in [-0.15, -0.1) is 11.8 Å². The van der Waals surface area contributed by atoms with Gasteiger partial charge in [-0.1, -0.05) is 6.07 Å². The van der Waals surface area contributed by atoms with Crippen LogP contribution in [0.5, 0.6) is 0 Å². The van der Waals surface area contributed by atoms with E-state index in [2.05, 4.69) is 37.4 Å². The third-order valence-corrected chi connectivity index (χ3v) is 4.00. The topological polar surface area (TPSA) is 25.4 Å². The minimum atomic E-state index is 0.547. The number of hydrogen-bond donors (Lipinski definition) is 0. The lowest BCUT2D eigenvalue weighted by Crippen LogP contribution is -2.17. The molecule has 0 aliphatic carbocycles. The lowest BCUT2D eigenvalue weighted by atomic mass is 9.95. The highest BCUT2D eigenvalue weighted by Gasteiger charge is 2.21. The molecule has 1 fully saturated rings. The lowest BCUT2D eigenvalue weighted by molar-refractivity contribution is 0.193. The van der Waals surface area contributed by atoms with Crippen LogP contribution in [0.1, 0.15) is 23.6 Å². The van der Waals surface area contributed by atoms with Gasteiger partial charge in [-0.25, -0.2) is 4.98 Å². The normalized spacial score (nSPS) is 19.7. The van der Waals surface area contributed by atoms with Crippen LogP contribution >= 0.6 is 11.8 Å². The predicted octanol–water partition coefficient (Wildman–Crippen LogP) is 2.41. The van der Waals surface area contributed by atoms with Crippen molar-refractivity contribution in [3.8, 4) is 0 Å². The third-order valence-electron chi connectivity index (χ3n) is 3.36. The Kier molecular flexibility index (Phi) is 5.03. The molecule has 0 N–H and O–H groups in total. The first-order valence-electron chi connectivity index (χ1n) is 6.47. The number of hydrogen-bond acceptors (Lipinski definition) is 4. The maximum Gasteiger partial charge on any atom is 0.0960 e. The fourth-order valence-corrected chi connectivity index (χ4v) is 2.69. The van der Waals surface area contributed by atoms with Crippen molar-refractivity contribution in [2.24, 2.45) is 0 Å². The summed E-state index contributed by atoms with van der Waals surface area (Å²) in [7, 11) is 4.22. The second-order valence-corrected chi connectivity index (χ2v) is 5.83. The van der Waals surface area contributed by atoms with E-state index in [1.807, 2.05) is 0 Å². The number of rotatable bonds is 5. The van der Waals surface area contributed by atoms with Crippen LogP contribution in [0.2, 0.25) is 0 Å². The molecule has 1 aromatic heterocycles. The molecule has 0 saturated carbocycles. The van der Waals surface area contributed by atoms with Crippen LogP contribution in [-0.4, -0.2) is 50.0 Å². The summed E-state index contributed by atoms with van der Waals surface area (Å²) in [5.41, 5.74) is 2.65. The summed E-state index contributed by atoms with van der Waals surface area (Å²) in [5.74, 6) is 0.547. The van der Waals surface area contributed by atoms with Crippen LogP contribution in [0.4, 0.5) is 0 Å². The SMILES string of the molecule is CSc1ccc([C@H]2CCOC2)c(CCN(C)C)n1. The minimum absolute atomic E-state index is 0.547. The minimum Gasteiger partial charge on any atom is -0.381 e. The molecule has 0 radical (unpaired) electrons. The summed E-state index contributed by atoms with van der Waals surface area (Å²) in [5, 5.41) is 1.12. The number of thioether (sulfide) groups is 1. The molecule has 4 heteroatoms. The first-order valence-corrected chi connectivity index (χ1v) is 7.69. The second-order valence-electron chi connectivity index (χ2n) is 5.00. The van der Waals surface area contributed by atoms with Gasteiger partial charge in [-0.3, -0.25) is 0 Å². The van der Waals surface area contributed by atoms with Gasteiger partial charge in [0.15, 0.2) is 0 Å². The molecule has 0 unspecified atom stereocenters. The standard InChI is InChI=1S/C14H22N2OS/c1-16(2)8-6-13-12(11-7-9-17-10-11)4-5-14(15-13)18-3/h4-5,11H,6-10H2,1-3H3/t11-/m0/s1. The molecule has 0 amide bonds. The monoisotopic (exact) mass is 266 g/mol. The highest BCUT2D eigenvalue weighted by Crippen LogP contribution is 2.29. The summed E-state index contributed by atoms with van der Waals surface area (Å²) in [6, 6.07) is 4.39. The molecule has 3 nitrogen and oxygen atoms in total. The first kappa shape index (κ1) is 13.8. The van der Waals surface area contributed by atoms with E-state index in [-0.39, 0.29) is 0 Å². The Balaban J connectivity index is 2.20. The highest BCUT2D eigenvalue weighted by molar-refractivity contribution is 7.98. The average Bonchev–Trinajstić information content (AvgIpc) is 2.89. The third kappa shape index (κ3) is 3.46. The smallest absolute Gasteiger partial charge is 0.0960 e. The molecule has 0 aromatic carbocycles. The molecule has 0 bridgehead atoms. The van der Waals surface area contributed by atoms with Crippen molar-refractivity contribution < 1.29 is 4.74 Å². The Morgan fingerprint density at radius 3 is 2.89 bits per heavy atom. The maximum absolute atomic E-state index is 5.51. The zero-order valence-corrected chi connectivity index (χ0v) is 12.3. The van der Waals surface area contributed by atoms with E-state index >= 15 is 0 Å². The molecule has 0 spiro atoms. The second kappa shape index (κ2) is 6.55. The Morgan fingerprint density at radius 1 is 1.44 bits per heavy atom. The van der Waals surface area contributed by atoms with E-state index in [1.165, 1.54) is 11.3 Å². The molecule has 1 saturated heterocycles. The number of ether oxygens (including phenoxy) is 1. The van der Waals surface area contributed by atoms with Gasteiger partial charge >= 0.3 is 0 Å². The molecule has 1 aliphatic rings. The summed E-state index contributed by atoms with van der Waals surface area (Å²) in [6.45, 7) is 2.79. The Labute approximate surface area is 114 Å². The van der Waals surface area contributed by atoms with Gasteiger partial charge < -0.3 is 9.64 Å². The number of pyridine rings is 1. The number of aromatic nitrogens is 1. The fourth-order valence-electron chi connectivity index (χ4n) is 2.29. The van der Waals surface area contributed by atoms with Gasteiger partial charge in [0.2, 0.25) is 0 Å². The van der Waals surface area contributed by atoms with Gasteiger partial charge in [-0.05, 0) is 38.4 Å². The Morgan fingerprint density at radius 2 is 2.28 bits per heavy atom. The number of nitrogens with zero attached hydrogens (tertiary/aromatic N) is 2. The zero-order chi connectivity index (χ0) is 13.0. The first-order chi connectivity index (χ1) is 8.70. The van der Waals surface area contributed by atoms with Crippen LogP contribution in [-0.2, 0) is 11.2 Å². The molecule has 1 aliphatic heterocycles. The van der Waals surface area contributed by atoms with E-state index in [9.17, 15) is 0 Å². The zero-order valence-electron chi connectivity index (χ0n) is 11.5. The molecule has 2 heterocycles. The van der Waals surface area contributed by atoms with E-state index in [4.69, 9.17) is 9.72 Å². The largest absolute Gasteiger partial charge is 0.381 e. The van der Waals surface area contributed by atoms with Crippen LogP contribution in [0.15, 0.2) is 17.2 Å². The van der Waals surface area contributed by atoms with Gasteiger partial charge in [-0.2, -0.15) is 0 Å². The van der Waals surface area contributed by atoms with Crippen molar-refractivity contribution >= 4 is 11.8 Å². The van der Waals surface area contributed by atoms with E-state index in [0.717, 1.165) is 37.6 Å². The summed E-state index contributed by atoms with van der Waals surface area (Å²) >= 11 is 1.71. The highest BCUT2D eigenvalue weighted by atomic mass is 32.2. The van der Waals surface area contributed by atoms with Crippen molar-refractivity contribution in [2.75, 3.05) is 40.1 Å². The average molecular weight is 266 g/mol.